The highest BCUT2D eigenvalue weighted by Crippen LogP contribution is 2.40. The molecule has 0 bridgehead atoms. The van der Waals surface area contributed by atoms with Crippen molar-refractivity contribution in [2.75, 3.05) is 0 Å². The molecule has 0 saturated heterocycles. The predicted octanol–water partition coefficient (Wildman–Crippen LogP) is 3.65. The molecule has 5 nitrogen and oxygen atoms in total. The second-order valence-electron chi connectivity index (χ2n) is 5.43. The molecular weight excluding hydrogens is 336 g/mol. The zero-order valence-corrected chi connectivity index (χ0v) is 12.9. The first-order valence-electron chi connectivity index (χ1n) is 6.81. The van der Waals surface area contributed by atoms with Gasteiger partial charge in [0, 0.05) is 35.5 Å². The lowest BCUT2D eigenvalue weighted by molar-refractivity contribution is -0.384. The lowest BCUT2D eigenvalue weighted by atomic mass is 10.1. The van der Waals surface area contributed by atoms with Crippen molar-refractivity contribution in [1.29, 1.82) is 0 Å². The number of nitrogens with zero attached hydrogens (tertiary/aromatic N) is 2. The van der Waals surface area contributed by atoms with Crippen molar-refractivity contribution in [2.24, 2.45) is 5.92 Å². The molecule has 1 aliphatic rings. The van der Waals surface area contributed by atoms with Gasteiger partial charge in [-0.25, -0.2) is 0 Å². The van der Waals surface area contributed by atoms with Gasteiger partial charge < -0.3 is 9.67 Å². The van der Waals surface area contributed by atoms with Crippen LogP contribution in [0, 0.1) is 16.0 Å². The first kappa shape index (κ1) is 14.3. The summed E-state index contributed by atoms with van der Waals surface area (Å²) in [5.41, 5.74) is 1.97. The van der Waals surface area contributed by atoms with E-state index in [4.69, 9.17) is 0 Å². The number of rotatable bonds is 5. The second-order valence-corrected chi connectivity index (χ2v) is 6.29. The Bertz CT molecular complexity index is 679. The van der Waals surface area contributed by atoms with Gasteiger partial charge >= 0.3 is 0 Å². The van der Waals surface area contributed by atoms with Gasteiger partial charge in [0.2, 0.25) is 0 Å². The summed E-state index contributed by atoms with van der Waals surface area (Å²) in [5, 5.41) is 20.8. The van der Waals surface area contributed by atoms with Crippen LogP contribution in [0.25, 0.3) is 0 Å². The minimum atomic E-state index is -0.408. The number of nitro groups is 1. The average molecular weight is 351 g/mol. The highest BCUT2D eigenvalue weighted by molar-refractivity contribution is 9.10. The minimum Gasteiger partial charge on any atom is -0.388 e. The highest BCUT2D eigenvalue weighted by Gasteiger charge is 2.31. The largest absolute Gasteiger partial charge is 0.388 e. The Morgan fingerprint density at radius 3 is 2.81 bits per heavy atom. The number of benzene rings is 1. The van der Waals surface area contributed by atoms with E-state index in [1.165, 1.54) is 12.1 Å². The lowest BCUT2D eigenvalue weighted by Gasteiger charge is -2.07. The molecule has 6 heteroatoms. The van der Waals surface area contributed by atoms with Gasteiger partial charge in [-0.05, 0) is 42.0 Å². The molecule has 21 heavy (non-hydrogen) atoms. The van der Waals surface area contributed by atoms with Crippen LogP contribution in [0.4, 0.5) is 5.69 Å². The molecule has 1 aromatic heterocycles. The molecule has 1 heterocycles. The van der Waals surface area contributed by atoms with Crippen LogP contribution in [0.2, 0.25) is 0 Å². The van der Waals surface area contributed by atoms with Gasteiger partial charge in [0.25, 0.3) is 5.69 Å². The smallest absolute Gasteiger partial charge is 0.270 e. The summed E-state index contributed by atoms with van der Waals surface area (Å²) in [6.45, 7) is 0.607. The van der Waals surface area contributed by atoms with Crippen LogP contribution in [0.3, 0.4) is 0 Å². The summed E-state index contributed by atoms with van der Waals surface area (Å²) >= 11 is 3.37. The number of aliphatic hydroxyl groups excluding tert-OH is 1. The van der Waals surface area contributed by atoms with Crippen molar-refractivity contribution in [1.82, 2.24) is 4.57 Å². The van der Waals surface area contributed by atoms with Gasteiger partial charge in [-0.1, -0.05) is 15.9 Å². The molecule has 110 valence electrons. The summed E-state index contributed by atoms with van der Waals surface area (Å²) < 4.78 is 2.70. The number of non-ortho nitro benzene ring substituents is 1. The fourth-order valence-corrected chi connectivity index (χ4v) is 2.88. The molecule has 1 aromatic carbocycles. The van der Waals surface area contributed by atoms with Crippen LogP contribution in [0.15, 0.2) is 41.1 Å². The van der Waals surface area contributed by atoms with Gasteiger partial charge in [-0.15, -0.1) is 0 Å². The molecule has 1 unspecified atom stereocenters. The van der Waals surface area contributed by atoms with E-state index in [-0.39, 0.29) is 11.8 Å². The SMILES string of the molecule is O=[N+]([O-])c1ccc(Cn2ccc(C(O)C3CC3)c2)c(Br)c1. The molecule has 1 fully saturated rings. The van der Waals surface area contributed by atoms with E-state index in [1.807, 2.05) is 23.0 Å². The third kappa shape index (κ3) is 3.16. The van der Waals surface area contributed by atoms with Crippen LogP contribution in [0.5, 0.6) is 0 Å². The number of hydrogen-bond donors (Lipinski definition) is 1. The summed E-state index contributed by atoms with van der Waals surface area (Å²) in [4.78, 5) is 10.3. The first-order chi connectivity index (χ1) is 10.0. The van der Waals surface area contributed by atoms with Crippen LogP contribution >= 0.6 is 15.9 Å². The fourth-order valence-electron chi connectivity index (χ4n) is 2.39. The number of aliphatic hydroxyl groups is 1. The van der Waals surface area contributed by atoms with Gasteiger partial charge in [0.1, 0.15) is 0 Å². The van der Waals surface area contributed by atoms with Crippen molar-refractivity contribution >= 4 is 21.6 Å². The maximum Gasteiger partial charge on any atom is 0.270 e. The van der Waals surface area contributed by atoms with Crippen LogP contribution < -0.4 is 0 Å². The lowest BCUT2D eigenvalue weighted by Crippen LogP contribution is -2.00. The number of hydrogen-bond acceptors (Lipinski definition) is 3. The Morgan fingerprint density at radius 1 is 1.43 bits per heavy atom. The van der Waals surface area contributed by atoms with Gasteiger partial charge in [-0.3, -0.25) is 10.1 Å². The van der Waals surface area contributed by atoms with Crippen molar-refractivity contribution in [3.63, 3.8) is 0 Å². The zero-order chi connectivity index (χ0) is 15.0. The predicted molar refractivity (Wildman–Crippen MR) is 82.0 cm³/mol. The molecule has 1 N–H and O–H groups in total. The molecule has 3 rings (SSSR count). The van der Waals surface area contributed by atoms with Gasteiger partial charge in [-0.2, -0.15) is 0 Å². The maximum atomic E-state index is 10.7. The Balaban J connectivity index is 1.75. The first-order valence-corrected chi connectivity index (χ1v) is 7.60. The van der Waals surface area contributed by atoms with E-state index < -0.39 is 4.92 Å². The molecule has 0 amide bonds. The van der Waals surface area contributed by atoms with Gasteiger partial charge in [0.15, 0.2) is 0 Å². The number of halogens is 1. The van der Waals surface area contributed by atoms with E-state index >= 15 is 0 Å². The second kappa shape index (κ2) is 5.61. The third-order valence-electron chi connectivity index (χ3n) is 3.78. The molecular formula is C15H15BrN2O3. The topological polar surface area (TPSA) is 68.3 Å². The molecule has 0 aliphatic heterocycles. The number of nitro benzene ring substituents is 1. The maximum absolute atomic E-state index is 10.7. The molecule has 1 saturated carbocycles. The average Bonchev–Trinajstić information content (AvgIpc) is 3.20. The van der Waals surface area contributed by atoms with Crippen LogP contribution in [-0.4, -0.2) is 14.6 Å². The summed E-state index contributed by atoms with van der Waals surface area (Å²) in [5.74, 6) is 0.409. The highest BCUT2D eigenvalue weighted by atomic mass is 79.9. The molecule has 1 aliphatic carbocycles. The van der Waals surface area contributed by atoms with E-state index in [0.717, 1.165) is 28.4 Å². The Labute approximate surface area is 130 Å². The van der Waals surface area contributed by atoms with Gasteiger partial charge in [0.05, 0.1) is 11.0 Å². The summed E-state index contributed by atoms with van der Waals surface area (Å²) in [6.07, 6.45) is 5.69. The van der Waals surface area contributed by atoms with Crippen LogP contribution in [0.1, 0.15) is 30.1 Å². The molecule has 2 aromatic rings. The Kier molecular flexibility index (Phi) is 3.82. The molecule has 0 spiro atoms. The zero-order valence-electron chi connectivity index (χ0n) is 11.3. The Morgan fingerprint density at radius 2 is 2.19 bits per heavy atom. The quantitative estimate of drug-likeness (QED) is 0.660. The van der Waals surface area contributed by atoms with Crippen molar-refractivity contribution < 1.29 is 10.0 Å². The molecule has 0 radical (unpaired) electrons. The van der Waals surface area contributed by atoms with E-state index in [9.17, 15) is 15.2 Å². The summed E-state index contributed by atoms with van der Waals surface area (Å²) in [6, 6.07) is 6.70. The van der Waals surface area contributed by atoms with Crippen molar-refractivity contribution in [3.05, 3.63) is 62.4 Å². The fraction of sp³-hybridized carbons (Fsp3) is 0.333. The third-order valence-corrected chi connectivity index (χ3v) is 4.52. The normalized spacial score (nSPS) is 15.9. The Hall–Kier alpha value is -1.66. The standard InChI is InChI=1S/C15H15BrN2O3/c16-14-7-13(18(20)21)4-3-11(14)8-17-6-5-12(9-17)15(19)10-1-2-10/h3-7,9-10,15,19H,1-2,8H2. The van der Waals surface area contributed by atoms with E-state index in [1.54, 1.807) is 6.07 Å². The minimum absolute atomic E-state index is 0.0722. The van der Waals surface area contributed by atoms with E-state index in [0.29, 0.717) is 12.5 Å². The summed E-state index contributed by atoms with van der Waals surface area (Å²) in [7, 11) is 0. The van der Waals surface area contributed by atoms with Crippen molar-refractivity contribution in [2.45, 2.75) is 25.5 Å². The van der Waals surface area contributed by atoms with Crippen LogP contribution in [-0.2, 0) is 6.54 Å². The number of aromatic nitrogens is 1. The van der Waals surface area contributed by atoms with E-state index in [2.05, 4.69) is 15.9 Å². The van der Waals surface area contributed by atoms with Crippen molar-refractivity contribution in [3.8, 4) is 0 Å². The monoisotopic (exact) mass is 350 g/mol. The molecule has 1 atom stereocenters.